The number of carbonyl (C=O) groups is 2. The summed E-state index contributed by atoms with van der Waals surface area (Å²) in [5, 5.41) is 9.68. The monoisotopic (exact) mass is 215 g/mol. The number of rotatable bonds is 3. The molecule has 1 fully saturated rings. The van der Waals surface area contributed by atoms with Crippen LogP contribution in [0.4, 0.5) is 0 Å². The van der Waals surface area contributed by atoms with E-state index in [0.29, 0.717) is 19.5 Å². The van der Waals surface area contributed by atoms with Crippen molar-refractivity contribution < 1.29 is 14.7 Å². The average Bonchev–Trinajstić information content (AvgIpc) is 2.12. The molecule has 3 N–H and O–H groups in total. The summed E-state index contributed by atoms with van der Waals surface area (Å²) in [6, 6.07) is 0. The topological polar surface area (TPSA) is 81.7 Å². The van der Waals surface area contributed by atoms with Gasteiger partial charge in [0.15, 0.2) is 0 Å². The summed E-state index contributed by atoms with van der Waals surface area (Å²) in [4.78, 5) is 23.5. The quantitative estimate of drug-likeness (QED) is 0.506. The molecule has 6 heteroatoms. The maximum atomic E-state index is 11.2. The van der Waals surface area contributed by atoms with E-state index in [9.17, 15) is 14.7 Å². The van der Waals surface area contributed by atoms with E-state index in [1.54, 1.807) is 0 Å². The van der Waals surface area contributed by atoms with Crippen molar-refractivity contribution in [2.45, 2.75) is 25.9 Å². The highest BCUT2D eigenvalue weighted by Gasteiger charge is 2.39. The molecule has 0 aromatic carbocycles. The predicted octanol–water partition coefficient (Wildman–Crippen LogP) is -1.39. The number of β-amino-alcohol motifs (C(OH)–C–C–N with tert-alkyl or cyclic N) is 1. The lowest BCUT2D eigenvalue weighted by Gasteiger charge is -2.45. The van der Waals surface area contributed by atoms with Crippen molar-refractivity contribution in [2.24, 2.45) is 0 Å². The first kappa shape index (κ1) is 11.9. The number of nitrogens with one attached hydrogen (secondary N) is 2. The van der Waals surface area contributed by atoms with Gasteiger partial charge in [0.05, 0.1) is 12.1 Å². The van der Waals surface area contributed by atoms with Crippen molar-refractivity contribution in [3.8, 4) is 0 Å². The zero-order valence-electron chi connectivity index (χ0n) is 9.04. The number of hydrazine groups is 1. The van der Waals surface area contributed by atoms with Gasteiger partial charge in [0.25, 0.3) is 5.91 Å². The van der Waals surface area contributed by atoms with Crippen LogP contribution in [0.1, 0.15) is 20.3 Å². The largest absolute Gasteiger partial charge is 0.387 e. The van der Waals surface area contributed by atoms with Crippen LogP contribution < -0.4 is 10.9 Å². The van der Waals surface area contributed by atoms with E-state index in [4.69, 9.17) is 0 Å². The summed E-state index contributed by atoms with van der Waals surface area (Å²) in [5.41, 5.74) is 3.84. The lowest BCUT2D eigenvalue weighted by Crippen LogP contribution is -2.63. The number of nitrogens with zero attached hydrogens (tertiary/aromatic N) is 1. The standard InChI is InChI=1S/C9H17N3O3/c1-3-9(15)5-12(6-9)4-8(14)11-10-7(2)13/h15H,3-6H2,1-2H3,(H,10,13)(H,11,14). The maximum Gasteiger partial charge on any atom is 0.252 e. The van der Waals surface area contributed by atoms with E-state index in [1.807, 2.05) is 11.8 Å². The van der Waals surface area contributed by atoms with Gasteiger partial charge in [-0.3, -0.25) is 25.3 Å². The molecule has 0 aromatic rings. The SMILES string of the molecule is CCC1(O)CN(CC(=O)NNC(C)=O)C1. The molecule has 0 aromatic heterocycles. The van der Waals surface area contributed by atoms with Crippen molar-refractivity contribution in [3.63, 3.8) is 0 Å². The number of carbonyl (C=O) groups excluding carboxylic acids is 2. The van der Waals surface area contributed by atoms with Crippen molar-refractivity contribution >= 4 is 11.8 Å². The van der Waals surface area contributed by atoms with Crippen LogP contribution in [0.5, 0.6) is 0 Å². The summed E-state index contributed by atoms with van der Waals surface area (Å²) >= 11 is 0. The molecule has 0 aliphatic carbocycles. The third-order valence-corrected chi connectivity index (χ3v) is 2.44. The molecule has 1 aliphatic heterocycles. The Labute approximate surface area is 88.6 Å². The number of hydrogen-bond acceptors (Lipinski definition) is 4. The summed E-state index contributed by atoms with van der Waals surface area (Å²) in [7, 11) is 0. The smallest absolute Gasteiger partial charge is 0.252 e. The van der Waals surface area contributed by atoms with Gasteiger partial charge in [-0.15, -0.1) is 0 Å². The van der Waals surface area contributed by atoms with E-state index in [-0.39, 0.29) is 18.4 Å². The van der Waals surface area contributed by atoms with E-state index in [2.05, 4.69) is 10.9 Å². The molecular formula is C9H17N3O3. The first-order chi connectivity index (χ1) is 6.95. The zero-order chi connectivity index (χ0) is 11.5. The first-order valence-electron chi connectivity index (χ1n) is 4.95. The normalized spacial score (nSPS) is 19.1. The Morgan fingerprint density at radius 2 is 2.00 bits per heavy atom. The fourth-order valence-corrected chi connectivity index (χ4v) is 1.52. The van der Waals surface area contributed by atoms with Crippen molar-refractivity contribution in [1.82, 2.24) is 15.8 Å². The summed E-state index contributed by atoms with van der Waals surface area (Å²) in [6.07, 6.45) is 0.691. The van der Waals surface area contributed by atoms with E-state index >= 15 is 0 Å². The Balaban J connectivity index is 2.16. The van der Waals surface area contributed by atoms with Gasteiger partial charge < -0.3 is 5.11 Å². The summed E-state index contributed by atoms with van der Waals surface area (Å²) in [5.74, 6) is -0.583. The van der Waals surface area contributed by atoms with Gasteiger partial charge in [0, 0.05) is 20.0 Å². The lowest BCUT2D eigenvalue weighted by molar-refractivity contribution is -0.136. The van der Waals surface area contributed by atoms with Gasteiger partial charge >= 0.3 is 0 Å². The molecule has 1 saturated heterocycles. The molecule has 15 heavy (non-hydrogen) atoms. The van der Waals surface area contributed by atoms with Crippen molar-refractivity contribution in [1.29, 1.82) is 0 Å². The highest BCUT2D eigenvalue weighted by atomic mass is 16.3. The van der Waals surface area contributed by atoms with E-state index in [0.717, 1.165) is 0 Å². The van der Waals surface area contributed by atoms with Gasteiger partial charge in [0.1, 0.15) is 0 Å². The molecule has 86 valence electrons. The highest BCUT2D eigenvalue weighted by molar-refractivity contribution is 5.82. The fraction of sp³-hybridized carbons (Fsp3) is 0.778. The third kappa shape index (κ3) is 3.49. The number of likely N-dealkylation sites (tertiary alicyclic amines) is 1. The molecule has 1 aliphatic rings. The molecule has 0 unspecified atom stereocenters. The molecule has 6 nitrogen and oxygen atoms in total. The van der Waals surface area contributed by atoms with Crippen LogP contribution in [0.15, 0.2) is 0 Å². The number of amides is 2. The van der Waals surface area contributed by atoms with Gasteiger partial charge in [-0.2, -0.15) is 0 Å². The van der Waals surface area contributed by atoms with Crippen LogP contribution >= 0.6 is 0 Å². The molecule has 0 atom stereocenters. The van der Waals surface area contributed by atoms with Crippen LogP contribution in [0, 0.1) is 0 Å². The minimum absolute atomic E-state index is 0.197. The molecule has 0 spiro atoms. The lowest BCUT2D eigenvalue weighted by atomic mass is 9.91. The first-order valence-corrected chi connectivity index (χ1v) is 4.95. The Kier molecular flexibility index (Phi) is 3.65. The summed E-state index contributed by atoms with van der Waals surface area (Å²) < 4.78 is 0. The van der Waals surface area contributed by atoms with Gasteiger partial charge in [-0.25, -0.2) is 0 Å². The Morgan fingerprint density at radius 1 is 1.40 bits per heavy atom. The van der Waals surface area contributed by atoms with E-state index in [1.165, 1.54) is 6.92 Å². The van der Waals surface area contributed by atoms with Crippen LogP contribution in [-0.4, -0.2) is 47.1 Å². The Hall–Kier alpha value is -1.14. The third-order valence-electron chi connectivity index (χ3n) is 2.44. The zero-order valence-corrected chi connectivity index (χ0v) is 9.04. The Bertz CT molecular complexity index is 261. The molecule has 1 heterocycles. The second kappa shape index (κ2) is 4.59. The van der Waals surface area contributed by atoms with E-state index < -0.39 is 5.60 Å². The maximum absolute atomic E-state index is 11.2. The predicted molar refractivity (Wildman–Crippen MR) is 53.6 cm³/mol. The van der Waals surface area contributed by atoms with Gasteiger partial charge in [-0.05, 0) is 6.42 Å². The molecule has 0 bridgehead atoms. The van der Waals surface area contributed by atoms with Crippen molar-refractivity contribution in [3.05, 3.63) is 0 Å². The molecule has 0 radical (unpaired) electrons. The molecule has 0 saturated carbocycles. The molecular weight excluding hydrogens is 198 g/mol. The minimum Gasteiger partial charge on any atom is -0.387 e. The Morgan fingerprint density at radius 3 is 2.47 bits per heavy atom. The minimum atomic E-state index is -0.631. The van der Waals surface area contributed by atoms with Gasteiger partial charge in [-0.1, -0.05) is 6.92 Å². The molecule has 1 rings (SSSR count). The van der Waals surface area contributed by atoms with Crippen LogP contribution in [0.25, 0.3) is 0 Å². The van der Waals surface area contributed by atoms with Crippen LogP contribution in [0.2, 0.25) is 0 Å². The summed E-state index contributed by atoms with van der Waals surface area (Å²) in [6.45, 7) is 4.45. The van der Waals surface area contributed by atoms with Crippen LogP contribution in [-0.2, 0) is 9.59 Å². The number of aliphatic hydroxyl groups is 1. The number of hydrogen-bond donors (Lipinski definition) is 3. The molecule has 2 amide bonds. The van der Waals surface area contributed by atoms with Gasteiger partial charge in [0.2, 0.25) is 5.91 Å². The fourth-order valence-electron chi connectivity index (χ4n) is 1.52. The van der Waals surface area contributed by atoms with Crippen LogP contribution in [0.3, 0.4) is 0 Å². The second-order valence-corrected chi connectivity index (χ2v) is 3.95. The second-order valence-electron chi connectivity index (χ2n) is 3.95. The highest BCUT2D eigenvalue weighted by Crippen LogP contribution is 2.22. The average molecular weight is 215 g/mol. The van der Waals surface area contributed by atoms with Crippen molar-refractivity contribution in [2.75, 3.05) is 19.6 Å².